The van der Waals surface area contributed by atoms with Gasteiger partial charge in [0.05, 0.1) is 27.5 Å². The van der Waals surface area contributed by atoms with Crippen molar-refractivity contribution in [2.45, 2.75) is 19.4 Å². The van der Waals surface area contributed by atoms with E-state index in [0.717, 1.165) is 16.6 Å². The van der Waals surface area contributed by atoms with Crippen molar-refractivity contribution in [3.8, 4) is 34.1 Å². The van der Waals surface area contributed by atoms with Gasteiger partial charge in [-0.25, -0.2) is 4.52 Å². The molecule has 8 heteroatoms. The second-order valence-electron chi connectivity index (χ2n) is 7.26. The van der Waals surface area contributed by atoms with Gasteiger partial charge in [-0.1, -0.05) is 0 Å². The van der Waals surface area contributed by atoms with E-state index in [2.05, 4.69) is 10.4 Å². The predicted octanol–water partition coefficient (Wildman–Crippen LogP) is 2.93. The highest BCUT2D eigenvalue weighted by atomic mass is 16.5. The molecule has 3 heterocycles. The lowest BCUT2D eigenvalue weighted by atomic mass is 10.0. The summed E-state index contributed by atoms with van der Waals surface area (Å²) in [6.45, 7) is 2.62. The van der Waals surface area contributed by atoms with Crippen LogP contribution in [0.3, 0.4) is 0 Å². The average Bonchev–Trinajstić information content (AvgIpc) is 3.41. The second-order valence-corrected chi connectivity index (χ2v) is 7.26. The maximum absolute atomic E-state index is 11.6. The van der Waals surface area contributed by atoms with Crippen LogP contribution in [0, 0.1) is 5.92 Å². The number of nitrogens with zero attached hydrogens (tertiary/aromatic N) is 2. The monoisotopic (exact) mass is 411 g/mol. The number of carbonyl (C=O) groups excluding carboxylic acids is 1. The fourth-order valence-corrected chi connectivity index (χ4v) is 3.75. The molecule has 2 aromatic heterocycles. The minimum absolute atomic E-state index is 0.0659. The summed E-state index contributed by atoms with van der Waals surface area (Å²) in [6.07, 6.45) is 4.00. The van der Waals surface area contributed by atoms with Crippen LogP contribution in [-0.4, -0.2) is 49.5 Å². The quantitative estimate of drug-likeness (QED) is 0.644. The number of pyridine rings is 1. The maximum Gasteiger partial charge on any atom is 0.220 e. The number of aromatic nitrogens is 2. The Morgan fingerprint density at radius 3 is 2.37 bits per heavy atom. The van der Waals surface area contributed by atoms with E-state index >= 15 is 0 Å². The Morgan fingerprint density at radius 1 is 1.07 bits per heavy atom. The highest BCUT2D eigenvalue weighted by molar-refractivity contribution is 5.78. The Morgan fingerprint density at radius 2 is 1.77 bits per heavy atom. The number of fused-ring (bicyclic) bond motifs is 1. The van der Waals surface area contributed by atoms with Gasteiger partial charge in [-0.15, -0.1) is 0 Å². The van der Waals surface area contributed by atoms with Crippen LogP contribution < -0.4 is 24.3 Å². The standard InChI is InChI=1S/C22H25N3O5/c1-13(15-10-21(26)23-11-15)30-18-9-16(12-25-17(18)5-6-24-25)14-7-19(27-2)22(29-4)20(8-14)28-3/h5-9,12-13,15H,10-11H2,1-4H3,(H,23,26). The fourth-order valence-electron chi connectivity index (χ4n) is 3.75. The molecule has 4 rings (SSSR count). The summed E-state index contributed by atoms with van der Waals surface area (Å²) in [5, 5.41) is 7.25. The largest absolute Gasteiger partial charge is 0.493 e. The Balaban J connectivity index is 1.75. The number of benzene rings is 1. The van der Waals surface area contributed by atoms with Gasteiger partial charge in [-0.2, -0.15) is 5.10 Å². The molecular formula is C22H25N3O5. The molecular weight excluding hydrogens is 386 g/mol. The number of nitrogens with one attached hydrogen (secondary N) is 1. The van der Waals surface area contributed by atoms with Crippen LogP contribution in [0.25, 0.3) is 16.6 Å². The SMILES string of the molecule is COc1cc(-c2cc(OC(C)C3CNC(=O)C3)c3ccnn3c2)cc(OC)c1OC. The summed E-state index contributed by atoms with van der Waals surface area (Å²) in [5.74, 6) is 2.57. The Kier molecular flexibility index (Phi) is 5.39. The van der Waals surface area contributed by atoms with E-state index in [9.17, 15) is 4.79 Å². The number of carbonyl (C=O) groups is 1. The maximum atomic E-state index is 11.6. The Hall–Kier alpha value is -3.42. The van der Waals surface area contributed by atoms with Crippen molar-refractivity contribution in [3.05, 3.63) is 36.7 Å². The molecule has 2 atom stereocenters. The highest BCUT2D eigenvalue weighted by Gasteiger charge is 2.28. The van der Waals surface area contributed by atoms with Crippen molar-refractivity contribution in [2.75, 3.05) is 27.9 Å². The zero-order valence-corrected chi connectivity index (χ0v) is 17.5. The molecule has 1 fully saturated rings. The van der Waals surface area contributed by atoms with Crippen molar-refractivity contribution in [1.29, 1.82) is 0 Å². The van der Waals surface area contributed by atoms with E-state index in [1.807, 2.05) is 37.4 Å². The van der Waals surface area contributed by atoms with Crippen LogP contribution in [0.5, 0.6) is 23.0 Å². The molecule has 30 heavy (non-hydrogen) atoms. The van der Waals surface area contributed by atoms with E-state index in [-0.39, 0.29) is 17.9 Å². The molecule has 0 spiro atoms. The second kappa shape index (κ2) is 8.14. The van der Waals surface area contributed by atoms with Crippen LogP contribution >= 0.6 is 0 Å². The summed E-state index contributed by atoms with van der Waals surface area (Å²) >= 11 is 0. The van der Waals surface area contributed by atoms with Gasteiger partial charge in [0.25, 0.3) is 0 Å². The van der Waals surface area contributed by atoms with Crippen LogP contribution in [0.4, 0.5) is 0 Å². The predicted molar refractivity (Wildman–Crippen MR) is 111 cm³/mol. The number of hydrogen-bond donors (Lipinski definition) is 1. The highest BCUT2D eigenvalue weighted by Crippen LogP contribution is 2.42. The zero-order chi connectivity index (χ0) is 21.3. The smallest absolute Gasteiger partial charge is 0.220 e. The molecule has 1 saturated heterocycles. The van der Waals surface area contributed by atoms with E-state index in [0.29, 0.717) is 36.0 Å². The van der Waals surface area contributed by atoms with Crippen molar-refractivity contribution in [1.82, 2.24) is 14.9 Å². The van der Waals surface area contributed by atoms with Gasteiger partial charge in [-0.05, 0) is 36.8 Å². The Labute approximate surface area is 174 Å². The Bertz CT molecular complexity index is 1050. The minimum atomic E-state index is -0.127. The fraction of sp³-hybridized carbons (Fsp3) is 0.364. The van der Waals surface area contributed by atoms with Crippen molar-refractivity contribution >= 4 is 11.4 Å². The van der Waals surface area contributed by atoms with E-state index in [4.69, 9.17) is 18.9 Å². The summed E-state index contributed by atoms with van der Waals surface area (Å²) in [5.41, 5.74) is 2.61. The number of rotatable bonds is 7. The first-order chi connectivity index (χ1) is 14.5. The molecule has 0 radical (unpaired) electrons. The average molecular weight is 411 g/mol. The molecule has 158 valence electrons. The van der Waals surface area contributed by atoms with Crippen LogP contribution in [0.2, 0.25) is 0 Å². The van der Waals surface area contributed by atoms with Gasteiger partial charge in [-0.3, -0.25) is 4.79 Å². The first-order valence-corrected chi connectivity index (χ1v) is 9.75. The summed E-state index contributed by atoms with van der Waals surface area (Å²) < 4.78 is 24.5. The molecule has 0 bridgehead atoms. The third-order valence-electron chi connectivity index (χ3n) is 5.45. The molecule has 1 amide bonds. The van der Waals surface area contributed by atoms with Gasteiger partial charge < -0.3 is 24.3 Å². The molecule has 2 unspecified atom stereocenters. The molecule has 3 aromatic rings. The molecule has 1 aromatic carbocycles. The molecule has 8 nitrogen and oxygen atoms in total. The topological polar surface area (TPSA) is 83.3 Å². The number of methoxy groups -OCH3 is 3. The third kappa shape index (κ3) is 3.60. The van der Waals surface area contributed by atoms with Crippen molar-refractivity contribution in [3.63, 3.8) is 0 Å². The molecule has 0 saturated carbocycles. The van der Waals surface area contributed by atoms with Crippen LogP contribution in [0.15, 0.2) is 36.7 Å². The van der Waals surface area contributed by atoms with Crippen LogP contribution in [0.1, 0.15) is 13.3 Å². The van der Waals surface area contributed by atoms with Gasteiger partial charge in [0.1, 0.15) is 17.4 Å². The van der Waals surface area contributed by atoms with Crippen LogP contribution in [-0.2, 0) is 4.79 Å². The lowest BCUT2D eigenvalue weighted by Gasteiger charge is -2.21. The first-order valence-electron chi connectivity index (χ1n) is 9.75. The summed E-state index contributed by atoms with van der Waals surface area (Å²) in [7, 11) is 4.75. The number of hydrogen-bond acceptors (Lipinski definition) is 6. The number of ether oxygens (including phenoxy) is 4. The summed E-state index contributed by atoms with van der Waals surface area (Å²) in [6, 6.07) is 7.65. The third-order valence-corrected chi connectivity index (χ3v) is 5.45. The van der Waals surface area contributed by atoms with Crippen molar-refractivity contribution < 1.29 is 23.7 Å². The van der Waals surface area contributed by atoms with E-state index in [1.54, 1.807) is 32.0 Å². The molecule has 1 N–H and O–H groups in total. The van der Waals surface area contributed by atoms with E-state index in [1.165, 1.54) is 0 Å². The van der Waals surface area contributed by atoms with Gasteiger partial charge in [0.2, 0.25) is 11.7 Å². The normalized spacial score (nSPS) is 16.9. The number of amides is 1. The first kappa shape index (κ1) is 19.9. The lowest BCUT2D eigenvalue weighted by Crippen LogP contribution is -2.25. The minimum Gasteiger partial charge on any atom is -0.493 e. The van der Waals surface area contributed by atoms with Gasteiger partial charge >= 0.3 is 0 Å². The lowest BCUT2D eigenvalue weighted by molar-refractivity contribution is -0.119. The summed E-state index contributed by atoms with van der Waals surface area (Å²) in [4.78, 5) is 11.6. The molecule has 1 aliphatic heterocycles. The van der Waals surface area contributed by atoms with Gasteiger partial charge in [0.15, 0.2) is 11.5 Å². The van der Waals surface area contributed by atoms with E-state index < -0.39 is 0 Å². The van der Waals surface area contributed by atoms with Gasteiger partial charge in [0, 0.05) is 30.6 Å². The molecule has 1 aliphatic rings. The zero-order valence-electron chi connectivity index (χ0n) is 17.5. The molecule has 0 aliphatic carbocycles. The van der Waals surface area contributed by atoms with Crippen molar-refractivity contribution in [2.24, 2.45) is 5.92 Å².